The van der Waals surface area contributed by atoms with Crippen molar-refractivity contribution in [3.8, 4) is 11.4 Å². The maximum atomic E-state index is 13.2. The summed E-state index contributed by atoms with van der Waals surface area (Å²) in [5, 5.41) is 6.17. The number of halogens is 4. The van der Waals surface area contributed by atoms with Crippen molar-refractivity contribution in [2.24, 2.45) is 0 Å². The third-order valence-electron chi connectivity index (χ3n) is 4.50. The summed E-state index contributed by atoms with van der Waals surface area (Å²) < 4.78 is 54.9. The van der Waals surface area contributed by atoms with Crippen LogP contribution < -0.4 is 5.32 Å². The second-order valence-electron chi connectivity index (χ2n) is 6.85. The number of nitrogens with zero attached hydrogens (tertiary/aromatic N) is 3. The average molecular weight is 400 g/mol. The number of hydrogen-bond donors (Lipinski definition) is 1. The summed E-state index contributed by atoms with van der Waals surface area (Å²) in [5.41, 5.74) is 0.663. The second-order valence-corrected chi connectivity index (χ2v) is 6.85. The number of rotatable bonds is 5. The molecule has 1 N–H and O–H groups in total. The molecular formula is C18H20F4N4O2. The standard InChI is InChI=1S/C18H20F4N4O2/c1-11(10-26-8-6-14(19)7-9-26)23-16(27)13-4-2-12(3-5-13)15-24-17(28-25-15)18(20,21)22/h2-5,11,14H,6-10H2,1H3,(H,23,27)/t11-/m1/s1. The maximum absolute atomic E-state index is 13.2. The van der Waals surface area contributed by atoms with Gasteiger partial charge in [0.25, 0.3) is 5.91 Å². The van der Waals surface area contributed by atoms with Crippen molar-refractivity contribution < 1.29 is 26.9 Å². The van der Waals surface area contributed by atoms with Gasteiger partial charge in [-0.3, -0.25) is 4.79 Å². The Morgan fingerprint density at radius 1 is 1.29 bits per heavy atom. The lowest BCUT2D eigenvalue weighted by molar-refractivity contribution is -0.159. The Morgan fingerprint density at radius 2 is 1.93 bits per heavy atom. The zero-order valence-electron chi connectivity index (χ0n) is 15.2. The topological polar surface area (TPSA) is 71.3 Å². The van der Waals surface area contributed by atoms with Gasteiger partial charge in [0.2, 0.25) is 5.82 Å². The van der Waals surface area contributed by atoms with Crippen LogP contribution in [0.2, 0.25) is 0 Å². The fraction of sp³-hybridized carbons (Fsp3) is 0.500. The molecule has 0 unspecified atom stereocenters. The molecule has 1 atom stereocenters. The average Bonchev–Trinajstić information content (AvgIpc) is 3.14. The zero-order valence-corrected chi connectivity index (χ0v) is 15.2. The molecule has 0 bridgehead atoms. The number of carbonyl (C=O) groups excluding carboxylic acids is 1. The van der Waals surface area contributed by atoms with Crippen molar-refractivity contribution in [1.82, 2.24) is 20.4 Å². The molecule has 0 radical (unpaired) electrons. The normalized spacial score (nSPS) is 17.5. The summed E-state index contributed by atoms with van der Waals surface area (Å²) in [6.07, 6.45) is -4.44. The van der Waals surface area contributed by atoms with E-state index in [9.17, 15) is 22.4 Å². The fourth-order valence-corrected chi connectivity index (χ4v) is 3.05. The van der Waals surface area contributed by atoms with E-state index in [4.69, 9.17) is 0 Å². The molecule has 0 aliphatic carbocycles. The molecule has 1 amide bonds. The predicted octanol–water partition coefficient (Wildman–Crippen LogP) is 3.31. The van der Waals surface area contributed by atoms with Crippen molar-refractivity contribution in [3.63, 3.8) is 0 Å². The molecular weight excluding hydrogens is 380 g/mol. The predicted molar refractivity (Wildman–Crippen MR) is 92.2 cm³/mol. The maximum Gasteiger partial charge on any atom is 0.471 e. The molecule has 1 fully saturated rings. The molecule has 0 saturated carbocycles. The van der Waals surface area contributed by atoms with Gasteiger partial charge >= 0.3 is 12.1 Å². The Bertz CT molecular complexity index is 799. The molecule has 1 aliphatic rings. The summed E-state index contributed by atoms with van der Waals surface area (Å²) in [6.45, 7) is 3.83. The quantitative estimate of drug-likeness (QED) is 0.780. The summed E-state index contributed by atoms with van der Waals surface area (Å²) in [6, 6.07) is 5.74. The third-order valence-corrected chi connectivity index (χ3v) is 4.50. The van der Waals surface area contributed by atoms with E-state index >= 15 is 0 Å². The van der Waals surface area contributed by atoms with Crippen LogP contribution in [0, 0.1) is 0 Å². The van der Waals surface area contributed by atoms with Gasteiger partial charge in [0.1, 0.15) is 6.17 Å². The number of piperidine rings is 1. The Balaban J connectivity index is 1.57. The molecule has 1 aromatic carbocycles. The molecule has 2 aromatic rings. The summed E-state index contributed by atoms with van der Waals surface area (Å²) in [4.78, 5) is 17.8. The molecule has 1 aliphatic heterocycles. The van der Waals surface area contributed by atoms with Crippen molar-refractivity contribution in [1.29, 1.82) is 0 Å². The van der Waals surface area contributed by atoms with Gasteiger partial charge < -0.3 is 14.7 Å². The van der Waals surface area contributed by atoms with Gasteiger partial charge in [0.15, 0.2) is 0 Å². The van der Waals surface area contributed by atoms with Gasteiger partial charge in [-0.1, -0.05) is 17.3 Å². The smallest absolute Gasteiger partial charge is 0.348 e. The first-order valence-corrected chi connectivity index (χ1v) is 8.91. The summed E-state index contributed by atoms with van der Waals surface area (Å²) >= 11 is 0. The van der Waals surface area contributed by atoms with Crippen LogP contribution in [0.25, 0.3) is 11.4 Å². The lowest BCUT2D eigenvalue weighted by Gasteiger charge is -2.30. The SMILES string of the molecule is C[C@H](CN1CCC(F)CC1)NC(=O)c1ccc(-c2noc(C(F)(F)F)n2)cc1. The van der Waals surface area contributed by atoms with Crippen LogP contribution in [-0.2, 0) is 6.18 Å². The number of hydrogen-bond acceptors (Lipinski definition) is 5. The number of nitrogens with one attached hydrogen (secondary N) is 1. The van der Waals surface area contributed by atoms with Crippen LogP contribution in [0.3, 0.4) is 0 Å². The van der Waals surface area contributed by atoms with Gasteiger partial charge in [0, 0.05) is 36.8 Å². The minimum Gasteiger partial charge on any atom is -0.348 e. The molecule has 2 heterocycles. The Labute approximate surface area is 158 Å². The number of amides is 1. The highest BCUT2D eigenvalue weighted by molar-refractivity contribution is 5.94. The molecule has 10 heteroatoms. The largest absolute Gasteiger partial charge is 0.471 e. The zero-order chi connectivity index (χ0) is 20.3. The number of benzene rings is 1. The van der Waals surface area contributed by atoms with Gasteiger partial charge in [0.05, 0.1) is 0 Å². The molecule has 152 valence electrons. The number of carbonyl (C=O) groups is 1. The third kappa shape index (κ3) is 5.06. The second kappa shape index (κ2) is 8.26. The van der Waals surface area contributed by atoms with Gasteiger partial charge in [-0.05, 0) is 31.9 Å². The highest BCUT2D eigenvalue weighted by Crippen LogP contribution is 2.29. The highest BCUT2D eigenvalue weighted by Gasteiger charge is 2.38. The van der Waals surface area contributed by atoms with Crippen molar-refractivity contribution in [2.45, 2.75) is 38.2 Å². The summed E-state index contributed by atoms with van der Waals surface area (Å²) in [5.74, 6) is -1.93. The minimum atomic E-state index is -4.71. The monoisotopic (exact) mass is 400 g/mol. The minimum absolute atomic E-state index is 0.130. The first-order chi connectivity index (χ1) is 13.2. The molecule has 28 heavy (non-hydrogen) atoms. The Hall–Kier alpha value is -2.49. The van der Waals surface area contributed by atoms with Crippen LogP contribution in [0.4, 0.5) is 17.6 Å². The number of likely N-dealkylation sites (tertiary alicyclic amines) is 1. The lowest BCUT2D eigenvalue weighted by atomic mass is 10.1. The van der Waals surface area contributed by atoms with Crippen LogP contribution in [0.15, 0.2) is 28.8 Å². The van der Waals surface area contributed by atoms with Crippen LogP contribution in [0.1, 0.15) is 36.0 Å². The van der Waals surface area contributed by atoms with Gasteiger partial charge in [-0.25, -0.2) is 4.39 Å². The van der Waals surface area contributed by atoms with E-state index in [2.05, 4.69) is 24.9 Å². The molecule has 1 aromatic heterocycles. The van der Waals surface area contributed by atoms with Crippen molar-refractivity contribution in [2.75, 3.05) is 19.6 Å². The van der Waals surface area contributed by atoms with Crippen LogP contribution >= 0.6 is 0 Å². The van der Waals surface area contributed by atoms with E-state index in [1.54, 1.807) is 0 Å². The van der Waals surface area contributed by atoms with E-state index in [1.807, 2.05) is 6.92 Å². The molecule has 1 saturated heterocycles. The molecule has 6 nitrogen and oxygen atoms in total. The van der Waals surface area contributed by atoms with Crippen molar-refractivity contribution in [3.05, 3.63) is 35.7 Å². The first kappa shape index (κ1) is 20.2. The number of alkyl halides is 4. The van der Waals surface area contributed by atoms with E-state index in [-0.39, 0.29) is 17.8 Å². The summed E-state index contributed by atoms with van der Waals surface area (Å²) in [7, 11) is 0. The van der Waals surface area contributed by atoms with Crippen molar-refractivity contribution >= 4 is 5.91 Å². The van der Waals surface area contributed by atoms with E-state index in [1.165, 1.54) is 24.3 Å². The van der Waals surface area contributed by atoms with Gasteiger partial charge in [-0.2, -0.15) is 18.2 Å². The van der Waals surface area contributed by atoms with E-state index in [0.29, 0.717) is 43.6 Å². The van der Waals surface area contributed by atoms with E-state index < -0.39 is 18.2 Å². The highest BCUT2D eigenvalue weighted by atomic mass is 19.4. The Morgan fingerprint density at radius 3 is 2.50 bits per heavy atom. The van der Waals surface area contributed by atoms with E-state index in [0.717, 1.165) is 0 Å². The number of aromatic nitrogens is 2. The van der Waals surface area contributed by atoms with Crippen LogP contribution in [-0.4, -0.2) is 52.8 Å². The molecule has 0 spiro atoms. The van der Waals surface area contributed by atoms with Crippen LogP contribution in [0.5, 0.6) is 0 Å². The van der Waals surface area contributed by atoms with Gasteiger partial charge in [-0.15, -0.1) is 0 Å². The first-order valence-electron chi connectivity index (χ1n) is 8.91. The molecule has 3 rings (SSSR count). The Kier molecular flexibility index (Phi) is 5.97. The fourth-order valence-electron chi connectivity index (χ4n) is 3.05. The lowest BCUT2D eigenvalue weighted by Crippen LogP contribution is -2.45.